The smallest absolute Gasteiger partial charge is 0.394 e. The van der Waals surface area contributed by atoms with Crippen molar-refractivity contribution in [1.82, 2.24) is 4.90 Å². The standard InChI is InChI=1S/C30H37NO5/c1-30(2,3)36-27(32)19-16-22-14-17-25(18-15-22)26(24-12-8-5-9-13-24)21-31(28(33)29(34)35)20-23-10-6-4-7-11-23/h4,6-7,10-11,14-19,24,26H,5,8-9,12-13,20-21H2,1-3H3,(H,34,35)/b19-16+. The van der Waals surface area contributed by atoms with Crippen molar-refractivity contribution in [1.29, 1.82) is 0 Å². The van der Waals surface area contributed by atoms with E-state index < -0.39 is 23.4 Å². The van der Waals surface area contributed by atoms with Crippen LogP contribution in [0.15, 0.2) is 60.7 Å². The van der Waals surface area contributed by atoms with Gasteiger partial charge in [-0.25, -0.2) is 9.59 Å². The summed E-state index contributed by atoms with van der Waals surface area (Å²) in [5.74, 6) is -2.30. The highest BCUT2D eigenvalue weighted by atomic mass is 16.6. The number of carbonyl (C=O) groups excluding carboxylic acids is 2. The van der Waals surface area contributed by atoms with Crippen LogP contribution >= 0.6 is 0 Å². The molecule has 0 aliphatic heterocycles. The quantitative estimate of drug-likeness (QED) is 0.286. The molecule has 0 bridgehead atoms. The van der Waals surface area contributed by atoms with Crippen LogP contribution in [0, 0.1) is 5.92 Å². The second-order valence-corrected chi connectivity index (χ2v) is 10.5. The maximum Gasteiger partial charge on any atom is 0.394 e. The number of amides is 1. The van der Waals surface area contributed by atoms with Crippen molar-refractivity contribution in [2.24, 2.45) is 5.92 Å². The minimum atomic E-state index is -1.43. The molecule has 0 aromatic heterocycles. The molecule has 36 heavy (non-hydrogen) atoms. The number of rotatable bonds is 8. The van der Waals surface area contributed by atoms with Crippen LogP contribution in [-0.2, 0) is 25.7 Å². The molecule has 192 valence electrons. The SMILES string of the molecule is CC(C)(C)OC(=O)/C=C/c1ccc(C(CN(Cc2ccccc2)C(=O)C(=O)O)C2CCCCC2)cc1. The van der Waals surface area contributed by atoms with Crippen molar-refractivity contribution in [3.63, 3.8) is 0 Å². The van der Waals surface area contributed by atoms with E-state index in [1.165, 1.54) is 17.4 Å². The van der Waals surface area contributed by atoms with Crippen LogP contribution in [0.2, 0.25) is 0 Å². The Hall–Kier alpha value is -3.41. The molecule has 2 aromatic rings. The fourth-order valence-electron chi connectivity index (χ4n) is 4.81. The third-order valence-electron chi connectivity index (χ3n) is 6.51. The van der Waals surface area contributed by atoms with Crippen molar-refractivity contribution in [2.45, 2.75) is 70.9 Å². The highest BCUT2D eigenvalue weighted by molar-refractivity contribution is 6.31. The third kappa shape index (κ3) is 8.36. The van der Waals surface area contributed by atoms with Crippen LogP contribution in [0.3, 0.4) is 0 Å². The first-order valence-corrected chi connectivity index (χ1v) is 12.7. The van der Waals surface area contributed by atoms with Gasteiger partial charge < -0.3 is 14.7 Å². The van der Waals surface area contributed by atoms with E-state index in [4.69, 9.17) is 4.74 Å². The molecule has 1 amide bonds. The second kappa shape index (κ2) is 12.5. The van der Waals surface area contributed by atoms with E-state index in [-0.39, 0.29) is 12.5 Å². The largest absolute Gasteiger partial charge is 0.474 e. The van der Waals surface area contributed by atoms with E-state index in [0.29, 0.717) is 12.5 Å². The first-order valence-electron chi connectivity index (χ1n) is 12.7. The molecule has 0 spiro atoms. The van der Waals surface area contributed by atoms with Crippen LogP contribution in [0.25, 0.3) is 6.08 Å². The van der Waals surface area contributed by atoms with Crippen molar-refractivity contribution in [3.05, 3.63) is 77.4 Å². The maximum absolute atomic E-state index is 12.7. The first kappa shape index (κ1) is 27.2. The first-order chi connectivity index (χ1) is 17.1. The molecule has 1 unspecified atom stereocenters. The average molecular weight is 492 g/mol. The van der Waals surface area contributed by atoms with E-state index in [0.717, 1.165) is 42.4 Å². The molecule has 1 fully saturated rings. The van der Waals surface area contributed by atoms with Gasteiger partial charge in [-0.2, -0.15) is 0 Å². The number of aliphatic carboxylic acids is 1. The van der Waals surface area contributed by atoms with E-state index >= 15 is 0 Å². The zero-order chi connectivity index (χ0) is 26.1. The lowest BCUT2D eigenvalue weighted by Gasteiger charge is -2.34. The summed E-state index contributed by atoms with van der Waals surface area (Å²) < 4.78 is 5.32. The monoisotopic (exact) mass is 491 g/mol. The zero-order valence-electron chi connectivity index (χ0n) is 21.5. The lowest BCUT2D eigenvalue weighted by molar-refractivity contribution is -0.156. The van der Waals surface area contributed by atoms with Crippen LogP contribution < -0.4 is 0 Å². The normalized spacial score (nSPS) is 15.4. The average Bonchev–Trinajstić information content (AvgIpc) is 2.85. The number of carboxylic acids is 1. The predicted octanol–water partition coefficient (Wildman–Crippen LogP) is 5.82. The van der Waals surface area contributed by atoms with Gasteiger partial charge in [-0.05, 0) is 62.3 Å². The summed E-state index contributed by atoms with van der Waals surface area (Å²) in [5.41, 5.74) is 2.30. The van der Waals surface area contributed by atoms with Crippen molar-refractivity contribution in [3.8, 4) is 0 Å². The molecule has 6 nitrogen and oxygen atoms in total. The van der Waals surface area contributed by atoms with E-state index in [9.17, 15) is 19.5 Å². The minimum Gasteiger partial charge on any atom is -0.474 e. The van der Waals surface area contributed by atoms with Gasteiger partial charge in [-0.1, -0.05) is 73.9 Å². The van der Waals surface area contributed by atoms with Crippen molar-refractivity contribution in [2.75, 3.05) is 6.54 Å². The Morgan fingerprint density at radius 1 is 1.00 bits per heavy atom. The Bertz CT molecular complexity index is 1050. The molecule has 0 radical (unpaired) electrons. The van der Waals surface area contributed by atoms with Crippen LogP contribution in [0.5, 0.6) is 0 Å². The van der Waals surface area contributed by atoms with Gasteiger partial charge in [0.25, 0.3) is 0 Å². The van der Waals surface area contributed by atoms with Gasteiger partial charge >= 0.3 is 17.8 Å². The number of hydrogen-bond acceptors (Lipinski definition) is 4. The van der Waals surface area contributed by atoms with E-state index in [2.05, 4.69) is 0 Å². The predicted molar refractivity (Wildman–Crippen MR) is 140 cm³/mol. The van der Waals surface area contributed by atoms with Gasteiger partial charge in [-0.15, -0.1) is 0 Å². The Morgan fingerprint density at radius 3 is 2.22 bits per heavy atom. The van der Waals surface area contributed by atoms with E-state index in [1.54, 1.807) is 6.08 Å². The number of ether oxygens (including phenoxy) is 1. The Balaban J connectivity index is 1.82. The van der Waals surface area contributed by atoms with Crippen molar-refractivity contribution >= 4 is 23.9 Å². The topological polar surface area (TPSA) is 83.9 Å². The molecule has 0 saturated heterocycles. The fourth-order valence-corrected chi connectivity index (χ4v) is 4.81. The number of esters is 1. The highest BCUT2D eigenvalue weighted by Crippen LogP contribution is 2.37. The number of carbonyl (C=O) groups is 3. The molecule has 1 N–H and O–H groups in total. The summed E-state index contributed by atoms with van der Waals surface area (Å²) >= 11 is 0. The summed E-state index contributed by atoms with van der Waals surface area (Å²) in [6.07, 6.45) is 8.76. The third-order valence-corrected chi connectivity index (χ3v) is 6.51. The highest BCUT2D eigenvalue weighted by Gasteiger charge is 2.30. The minimum absolute atomic E-state index is 0.0289. The van der Waals surface area contributed by atoms with Crippen LogP contribution in [0.1, 0.15) is 75.5 Å². The Kier molecular flexibility index (Phi) is 9.45. The molecule has 3 rings (SSSR count). The Labute approximate surface area is 214 Å². The van der Waals surface area contributed by atoms with Crippen LogP contribution in [0.4, 0.5) is 0 Å². The molecular formula is C30H37NO5. The van der Waals surface area contributed by atoms with Gasteiger partial charge in [-0.3, -0.25) is 4.79 Å². The molecule has 0 heterocycles. The molecule has 6 heteroatoms. The number of nitrogens with zero attached hydrogens (tertiary/aromatic N) is 1. The van der Waals surface area contributed by atoms with Gasteiger partial charge in [0.2, 0.25) is 0 Å². The molecule has 1 aliphatic carbocycles. The summed E-state index contributed by atoms with van der Waals surface area (Å²) in [4.78, 5) is 37.8. The number of hydrogen-bond donors (Lipinski definition) is 1. The van der Waals surface area contributed by atoms with Gasteiger partial charge in [0.15, 0.2) is 0 Å². The maximum atomic E-state index is 12.7. The van der Waals surface area contributed by atoms with E-state index in [1.807, 2.05) is 75.4 Å². The second-order valence-electron chi connectivity index (χ2n) is 10.5. The van der Waals surface area contributed by atoms with Gasteiger partial charge in [0, 0.05) is 25.1 Å². The molecule has 1 aliphatic rings. The summed E-state index contributed by atoms with van der Waals surface area (Å²) in [5, 5.41) is 9.50. The summed E-state index contributed by atoms with van der Waals surface area (Å²) in [6.45, 7) is 6.09. The molecule has 2 aromatic carbocycles. The zero-order valence-corrected chi connectivity index (χ0v) is 21.5. The lowest BCUT2D eigenvalue weighted by Crippen LogP contribution is -2.40. The summed E-state index contributed by atoms with van der Waals surface area (Å²) in [6, 6.07) is 17.4. The van der Waals surface area contributed by atoms with Gasteiger partial charge in [0.05, 0.1) is 0 Å². The van der Waals surface area contributed by atoms with Crippen LogP contribution in [-0.4, -0.2) is 40.0 Å². The molecule has 1 atom stereocenters. The molecular weight excluding hydrogens is 454 g/mol. The van der Waals surface area contributed by atoms with Gasteiger partial charge in [0.1, 0.15) is 5.60 Å². The summed E-state index contributed by atoms with van der Waals surface area (Å²) in [7, 11) is 0. The molecule has 1 saturated carbocycles. The fraction of sp³-hybridized carbons (Fsp3) is 0.433. The number of carboxylic acid groups (broad SMARTS) is 1. The lowest BCUT2D eigenvalue weighted by atomic mass is 9.76. The van der Waals surface area contributed by atoms with Crippen molar-refractivity contribution < 1.29 is 24.2 Å². The number of benzene rings is 2. The Morgan fingerprint density at radius 2 is 1.64 bits per heavy atom.